The van der Waals surface area contributed by atoms with E-state index in [1.165, 1.54) is 31.8 Å². The van der Waals surface area contributed by atoms with Gasteiger partial charge in [0, 0.05) is 23.3 Å². The first-order valence-corrected chi connectivity index (χ1v) is 10.4. The van der Waals surface area contributed by atoms with Gasteiger partial charge in [0.15, 0.2) is 17.6 Å². The Bertz CT molecular complexity index is 934. The van der Waals surface area contributed by atoms with E-state index in [1.807, 2.05) is 0 Å². The first kappa shape index (κ1) is 25.2. The number of phenols is 1. The molecule has 0 unspecified atom stereocenters. The third-order valence-corrected chi connectivity index (χ3v) is 5.02. The molecule has 0 aliphatic heterocycles. The fraction of sp³-hybridized carbons (Fsp3) is 0.273. The molecule has 32 heavy (non-hydrogen) atoms. The molecule has 172 valence electrons. The molecule has 0 aliphatic rings. The van der Waals surface area contributed by atoms with Crippen LogP contribution < -0.4 is 15.5 Å². The van der Waals surface area contributed by atoms with Crippen molar-refractivity contribution < 1.29 is 34.1 Å². The summed E-state index contributed by atoms with van der Waals surface area (Å²) in [6.07, 6.45) is 1.36. The summed E-state index contributed by atoms with van der Waals surface area (Å²) in [6.45, 7) is 0. The predicted molar refractivity (Wildman–Crippen MR) is 121 cm³/mol. The van der Waals surface area contributed by atoms with E-state index in [4.69, 9.17) is 19.4 Å². The molecule has 2 rings (SSSR count). The molecule has 0 heterocycles. The van der Waals surface area contributed by atoms with Crippen molar-refractivity contribution in [3.8, 4) is 11.5 Å². The minimum absolute atomic E-state index is 0.110. The lowest BCUT2D eigenvalue weighted by molar-refractivity contribution is -0.124. The number of carbonyl (C=O) groups is 2. The van der Waals surface area contributed by atoms with Crippen molar-refractivity contribution in [3.63, 3.8) is 0 Å². The molecule has 2 atom stereocenters. The fourth-order valence-electron chi connectivity index (χ4n) is 2.92. The van der Waals surface area contributed by atoms with Gasteiger partial charge in [-0.05, 0) is 54.8 Å². The second-order valence-corrected chi connectivity index (χ2v) is 7.53. The van der Waals surface area contributed by atoms with Crippen molar-refractivity contribution in [2.45, 2.75) is 25.0 Å². The average Bonchev–Trinajstić information content (AvgIpc) is 2.79. The maximum Gasteiger partial charge on any atom is 0.412 e. The first-order valence-electron chi connectivity index (χ1n) is 9.61. The highest BCUT2D eigenvalue weighted by molar-refractivity contribution is 9.10. The summed E-state index contributed by atoms with van der Waals surface area (Å²) < 4.78 is 17.2. The Balaban J connectivity index is 2.21. The van der Waals surface area contributed by atoms with E-state index in [1.54, 1.807) is 42.5 Å². The van der Waals surface area contributed by atoms with Crippen LogP contribution in [-0.2, 0) is 14.3 Å². The van der Waals surface area contributed by atoms with E-state index in [0.717, 1.165) is 4.47 Å². The molecule has 0 fully saturated rings. The number of benzene rings is 2. The largest absolute Gasteiger partial charge is 0.504 e. The zero-order chi connectivity index (χ0) is 23.5. The Morgan fingerprint density at radius 3 is 2.47 bits per heavy atom. The number of rotatable bonds is 10. The van der Waals surface area contributed by atoms with E-state index in [9.17, 15) is 14.7 Å². The van der Waals surface area contributed by atoms with Gasteiger partial charge in [0.05, 0.1) is 13.2 Å². The molecule has 0 spiro atoms. The zero-order valence-corrected chi connectivity index (χ0v) is 19.2. The molecule has 2 aromatic carbocycles. The molecule has 2 aromatic rings. The summed E-state index contributed by atoms with van der Waals surface area (Å²) in [7, 11) is 2.91. The minimum atomic E-state index is -0.868. The standard InChI is InChI=1S/C22H25BrN2O7/c1-30-18-12-7-14(13-17(18)26)21(19(31-2)5-3-4-6-20(27)25-29)32-22(28)24-16-10-8-15(23)9-11-16/h4,6-13,19,21,26,29H,3,5H2,1-2H3,(H,24,28)(H,25,27)/b6-4+/t19-,21-/m1/s1. The summed E-state index contributed by atoms with van der Waals surface area (Å²) in [4.78, 5) is 23.7. The number of hydrogen-bond donors (Lipinski definition) is 4. The fourth-order valence-corrected chi connectivity index (χ4v) is 3.18. The molecular formula is C22H25BrN2O7. The van der Waals surface area contributed by atoms with Crippen molar-refractivity contribution in [2.75, 3.05) is 19.5 Å². The van der Waals surface area contributed by atoms with Crippen molar-refractivity contribution in [3.05, 3.63) is 64.7 Å². The maximum absolute atomic E-state index is 12.6. The minimum Gasteiger partial charge on any atom is -0.504 e. The number of hydroxylamine groups is 1. The van der Waals surface area contributed by atoms with Crippen LogP contribution in [0.2, 0.25) is 0 Å². The number of aromatic hydroxyl groups is 1. The summed E-state index contributed by atoms with van der Waals surface area (Å²) in [6, 6.07) is 11.7. The normalized spacial score (nSPS) is 12.8. The van der Waals surface area contributed by atoms with Crippen molar-refractivity contribution in [2.24, 2.45) is 0 Å². The average molecular weight is 509 g/mol. The molecular weight excluding hydrogens is 484 g/mol. The lowest BCUT2D eigenvalue weighted by Gasteiger charge is -2.26. The number of hydrogen-bond acceptors (Lipinski definition) is 7. The third-order valence-electron chi connectivity index (χ3n) is 4.49. The topological polar surface area (TPSA) is 126 Å². The van der Waals surface area contributed by atoms with Crippen LogP contribution in [0.4, 0.5) is 10.5 Å². The second kappa shape index (κ2) is 12.7. The summed E-state index contributed by atoms with van der Waals surface area (Å²) in [5.74, 6) is -0.485. The van der Waals surface area contributed by atoms with Crippen LogP contribution in [0.25, 0.3) is 0 Å². The quantitative estimate of drug-likeness (QED) is 0.214. The van der Waals surface area contributed by atoms with Gasteiger partial charge >= 0.3 is 6.09 Å². The van der Waals surface area contributed by atoms with Gasteiger partial charge in [0.1, 0.15) is 0 Å². The Morgan fingerprint density at radius 1 is 1.16 bits per heavy atom. The van der Waals surface area contributed by atoms with Gasteiger partial charge in [-0.2, -0.15) is 0 Å². The van der Waals surface area contributed by atoms with Crippen molar-refractivity contribution >= 4 is 33.6 Å². The van der Waals surface area contributed by atoms with Gasteiger partial charge in [0.25, 0.3) is 5.91 Å². The highest BCUT2D eigenvalue weighted by Gasteiger charge is 2.28. The van der Waals surface area contributed by atoms with Crippen molar-refractivity contribution in [1.29, 1.82) is 0 Å². The van der Waals surface area contributed by atoms with Crippen LogP contribution in [0, 0.1) is 0 Å². The lowest BCUT2D eigenvalue weighted by Crippen LogP contribution is -2.28. The highest BCUT2D eigenvalue weighted by Crippen LogP contribution is 2.33. The van der Waals surface area contributed by atoms with Crippen LogP contribution in [0.5, 0.6) is 11.5 Å². The van der Waals surface area contributed by atoms with Gasteiger partial charge in [-0.25, -0.2) is 10.3 Å². The van der Waals surface area contributed by atoms with E-state index in [-0.39, 0.29) is 11.5 Å². The number of carbonyl (C=O) groups excluding carboxylic acids is 2. The molecule has 0 radical (unpaired) electrons. The summed E-state index contributed by atoms with van der Waals surface area (Å²) in [5, 5.41) is 21.4. The Kier molecular flexibility index (Phi) is 9.99. The molecule has 0 bridgehead atoms. The highest BCUT2D eigenvalue weighted by atomic mass is 79.9. The second-order valence-electron chi connectivity index (χ2n) is 6.62. The molecule has 9 nitrogen and oxygen atoms in total. The number of phenolic OH excluding ortho intramolecular Hbond substituents is 1. The predicted octanol–water partition coefficient (Wildman–Crippen LogP) is 4.31. The van der Waals surface area contributed by atoms with Gasteiger partial charge in [0.2, 0.25) is 0 Å². The summed E-state index contributed by atoms with van der Waals surface area (Å²) >= 11 is 3.33. The monoisotopic (exact) mass is 508 g/mol. The molecule has 0 aromatic heterocycles. The zero-order valence-electron chi connectivity index (χ0n) is 17.6. The van der Waals surface area contributed by atoms with Gasteiger partial charge in [-0.3, -0.25) is 15.3 Å². The first-order chi connectivity index (χ1) is 15.4. The molecule has 0 saturated heterocycles. The van der Waals surface area contributed by atoms with E-state index >= 15 is 0 Å². The van der Waals surface area contributed by atoms with Gasteiger partial charge < -0.3 is 19.3 Å². The van der Waals surface area contributed by atoms with E-state index < -0.39 is 24.2 Å². The Morgan fingerprint density at radius 2 is 1.88 bits per heavy atom. The van der Waals surface area contributed by atoms with Gasteiger partial charge in [-0.15, -0.1) is 0 Å². The molecule has 2 amide bonds. The summed E-state index contributed by atoms with van der Waals surface area (Å²) in [5.41, 5.74) is 2.55. The smallest absolute Gasteiger partial charge is 0.412 e. The molecule has 4 N–H and O–H groups in total. The molecule has 10 heteroatoms. The van der Waals surface area contributed by atoms with Gasteiger partial charge in [-0.1, -0.05) is 28.1 Å². The van der Waals surface area contributed by atoms with Crippen LogP contribution in [0.1, 0.15) is 24.5 Å². The third kappa shape index (κ3) is 7.56. The number of halogens is 1. The molecule has 0 saturated carbocycles. The van der Waals surface area contributed by atoms with E-state index in [2.05, 4.69) is 21.2 Å². The van der Waals surface area contributed by atoms with Crippen LogP contribution in [0.3, 0.4) is 0 Å². The number of amides is 2. The van der Waals surface area contributed by atoms with Crippen LogP contribution >= 0.6 is 15.9 Å². The number of methoxy groups -OCH3 is 2. The number of ether oxygens (including phenoxy) is 3. The molecule has 0 aliphatic carbocycles. The lowest BCUT2D eigenvalue weighted by atomic mass is 9.99. The Labute approximate surface area is 194 Å². The maximum atomic E-state index is 12.6. The Hall–Kier alpha value is -3.08. The van der Waals surface area contributed by atoms with Crippen LogP contribution in [0.15, 0.2) is 59.1 Å². The van der Waals surface area contributed by atoms with Crippen molar-refractivity contribution in [1.82, 2.24) is 5.48 Å². The van der Waals surface area contributed by atoms with Crippen LogP contribution in [-0.4, -0.2) is 42.6 Å². The number of anilines is 1. The number of nitrogens with one attached hydrogen (secondary N) is 2. The van der Waals surface area contributed by atoms with E-state index in [0.29, 0.717) is 24.1 Å². The SMILES string of the molecule is COc1ccc([C@@H](OC(=O)Nc2ccc(Br)cc2)[C@@H](CC/C=C/C(=O)NO)OC)cc1O. The number of allylic oxidation sites excluding steroid dienone is 1.